The van der Waals surface area contributed by atoms with E-state index in [1.807, 2.05) is 0 Å². The normalized spacial score (nSPS) is 15.0. The average molecular weight is 433 g/mol. The molecule has 1 aromatic rings. The number of aliphatic imine (C=N–C) groups is 1. The van der Waals surface area contributed by atoms with Crippen LogP contribution in [0.2, 0.25) is 0 Å². The van der Waals surface area contributed by atoms with Gasteiger partial charge in [-0.2, -0.15) is 4.98 Å². The van der Waals surface area contributed by atoms with Gasteiger partial charge in [-0.05, 0) is 26.2 Å². The zero-order valence-corrected chi connectivity index (χ0v) is 16.5. The van der Waals surface area contributed by atoms with Gasteiger partial charge in [0.1, 0.15) is 0 Å². The second kappa shape index (κ2) is 10.6. The Morgan fingerprint density at radius 2 is 2.13 bits per heavy atom. The molecule has 0 aromatic carbocycles. The number of nitrogens with one attached hydrogen (secondary N) is 2. The van der Waals surface area contributed by atoms with Gasteiger partial charge in [0.15, 0.2) is 11.8 Å². The number of guanidine groups is 1. The molecule has 0 radical (unpaired) electrons. The standard InChI is InChI=1S/C16H27N5O.HI/c1-4-17-16(19-13-8-5-6-9-13)18-11-7-10-14-20-15(12(2)3)21-22-14;/h5-6,12-13H,4,7-11H2,1-3H3,(H2,17,18,19);1H. The molecule has 6 nitrogen and oxygen atoms in total. The summed E-state index contributed by atoms with van der Waals surface area (Å²) in [6, 6.07) is 0.474. The van der Waals surface area contributed by atoms with E-state index in [0.29, 0.717) is 17.9 Å². The van der Waals surface area contributed by atoms with Crippen LogP contribution < -0.4 is 10.6 Å². The maximum atomic E-state index is 5.24. The van der Waals surface area contributed by atoms with E-state index < -0.39 is 0 Å². The van der Waals surface area contributed by atoms with Crippen LogP contribution in [-0.4, -0.2) is 35.2 Å². The molecule has 0 unspecified atom stereocenters. The van der Waals surface area contributed by atoms with E-state index in [1.54, 1.807) is 0 Å². The van der Waals surface area contributed by atoms with E-state index in [2.05, 4.69) is 58.7 Å². The molecule has 1 aliphatic rings. The van der Waals surface area contributed by atoms with Crippen molar-refractivity contribution in [1.29, 1.82) is 0 Å². The Morgan fingerprint density at radius 1 is 1.39 bits per heavy atom. The lowest BCUT2D eigenvalue weighted by Crippen LogP contribution is -2.42. The Balaban J connectivity index is 0.00000264. The summed E-state index contributed by atoms with van der Waals surface area (Å²) in [5.41, 5.74) is 0. The minimum absolute atomic E-state index is 0. The molecule has 1 aliphatic carbocycles. The molecule has 0 atom stereocenters. The molecule has 1 heterocycles. The summed E-state index contributed by atoms with van der Waals surface area (Å²) in [5, 5.41) is 10.7. The van der Waals surface area contributed by atoms with E-state index in [1.165, 1.54) is 0 Å². The lowest BCUT2D eigenvalue weighted by molar-refractivity contribution is 0.369. The maximum absolute atomic E-state index is 5.24. The molecule has 0 bridgehead atoms. The summed E-state index contributed by atoms with van der Waals surface area (Å²) in [6.07, 6.45) is 8.24. The van der Waals surface area contributed by atoms with Crippen LogP contribution in [0.3, 0.4) is 0 Å². The summed E-state index contributed by atoms with van der Waals surface area (Å²) in [6.45, 7) is 7.81. The molecule has 0 fully saturated rings. The van der Waals surface area contributed by atoms with Crippen molar-refractivity contribution in [3.8, 4) is 0 Å². The highest BCUT2D eigenvalue weighted by molar-refractivity contribution is 14.0. The molecule has 0 saturated heterocycles. The fourth-order valence-corrected chi connectivity index (χ4v) is 2.27. The first kappa shape index (κ1) is 19.9. The molecule has 2 rings (SSSR count). The molecular weight excluding hydrogens is 405 g/mol. The number of hydrogen-bond acceptors (Lipinski definition) is 4. The smallest absolute Gasteiger partial charge is 0.226 e. The summed E-state index contributed by atoms with van der Waals surface area (Å²) in [5.74, 6) is 2.68. The first-order chi connectivity index (χ1) is 10.7. The average Bonchev–Trinajstić information content (AvgIpc) is 3.15. The second-order valence-electron chi connectivity index (χ2n) is 5.85. The van der Waals surface area contributed by atoms with Gasteiger partial charge in [0.05, 0.1) is 0 Å². The quantitative estimate of drug-likeness (QED) is 0.227. The van der Waals surface area contributed by atoms with Crippen molar-refractivity contribution in [1.82, 2.24) is 20.8 Å². The molecule has 1 aromatic heterocycles. The van der Waals surface area contributed by atoms with Crippen LogP contribution in [0.1, 0.15) is 57.7 Å². The van der Waals surface area contributed by atoms with Crippen LogP contribution >= 0.6 is 24.0 Å². The lowest BCUT2D eigenvalue weighted by atomic mass is 10.2. The Labute approximate surface area is 155 Å². The number of aryl methyl sites for hydroxylation is 1. The van der Waals surface area contributed by atoms with Crippen LogP contribution in [-0.2, 0) is 6.42 Å². The van der Waals surface area contributed by atoms with Gasteiger partial charge in [-0.25, -0.2) is 0 Å². The Bertz CT molecular complexity index is 504. The highest BCUT2D eigenvalue weighted by Crippen LogP contribution is 2.11. The van der Waals surface area contributed by atoms with E-state index in [4.69, 9.17) is 4.52 Å². The minimum atomic E-state index is 0. The van der Waals surface area contributed by atoms with Crippen molar-refractivity contribution in [2.45, 2.75) is 58.4 Å². The van der Waals surface area contributed by atoms with Gasteiger partial charge in [0.25, 0.3) is 0 Å². The van der Waals surface area contributed by atoms with E-state index in [9.17, 15) is 0 Å². The van der Waals surface area contributed by atoms with Gasteiger partial charge in [-0.1, -0.05) is 31.2 Å². The number of rotatable bonds is 7. The van der Waals surface area contributed by atoms with Crippen molar-refractivity contribution in [2.24, 2.45) is 4.99 Å². The molecular formula is C16H28IN5O. The Morgan fingerprint density at radius 3 is 2.74 bits per heavy atom. The van der Waals surface area contributed by atoms with E-state index >= 15 is 0 Å². The van der Waals surface area contributed by atoms with Gasteiger partial charge >= 0.3 is 0 Å². The van der Waals surface area contributed by atoms with E-state index in [-0.39, 0.29) is 24.0 Å². The zero-order valence-electron chi connectivity index (χ0n) is 14.2. The monoisotopic (exact) mass is 433 g/mol. The summed E-state index contributed by atoms with van der Waals surface area (Å²) >= 11 is 0. The SMILES string of the molecule is CCNC(=NCCCc1nc(C(C)C)no1)NC1CC=CC1.I. The molecule has 23 heavy (non-hydrogen) atoms. The molecule has 2 N–H and O–H groups in total. The Hall–Kier alpha value is -1.12. The van der Waals surface area contributed by atoms with Crippen LogP contribution in [0, 0.1) is 0 Å². The van der Waals surface area contributed by atoms with Crippen LogP contribution in [0.4, 0.5) is 0 Å². The number of hydrogen-bond donors (Lipinski definition) is 2. The highest BCUT2D eigenvalue weighted by atomic mass is 127. The Kier molecular flexibility index (Phi) is 9.20. The molecule has 0 aliphatic heterocycles. The third-order valence-corrected chi connectivity index (χ3v) is 3.51. The molecule has 130 valence electrons. The van der Waals surface area contributed by atoms with Crippen molar-refractivity contribution in [2.75, 3.05) is 13.1 Å². The van der Waals surface area contributed by atoms with Crippen molar-refractivity contribution in [3.63, 3.8) is 0 Å². The predicted octanol–water partition coefficient (Wildman–Crippen LogP) is 3.02. The number of nitrogens with zero attached hydrogens (tertiary/aromatic N) is 3. The zero-order chi connectivity index (χ0) is 15.8. The van der Waals surface area contributed by atoms with Crippen LogP contribution in [0.5, 0.6) is 0 Å². The van der Waals surface area contributed by atoms with Crippen molar-refractivity contribution < 1.29 is 4.52 Å². The summed E-state index contributed by atoms with van der Waals surface area (Å²) in [7, 11) is 0. The largest absolute Gasteiger partial charge is 0.357 e. The van der Waals surface area contributed by atoms with Crippen molar-refractivity contribution >= 4 is 29.9 Å². The molecule has 7 heteroatoms. The summed E-state index contributed by atoms with van der Waals surface area (Å²) in [4.78, 5) is 8.99. The lowest BCUT2D eigenvalue weighted by Gasteiger charge is -2.16. The second-order valence-corrected chi connectivity index (χ2v) is 5.85. The molecule has 0 spiro atoms. The van der Waals surface area contributed by atoms with Gasteiger partial charge in [0.2, 0.25) is 5.89 Å². The van der Waals surface area contributed by atoms with Crippen molar-refractivity contribution in [3.05, 3.63) is 23.9 Å². The first-order valence-electron chi connectivity index (χ1n) is 8.21. The van der Waals surface area contributed by atoms with Crippen LogP contribution in [0.25, 0.3) is 0 Å². The minimum Gasteiger partial charge on any atom is -0.357 e. The fourth-order valence-electron chi connectivity index (χ4n) is 2.27. The van der Waals surface area contributed by atoms with Crippen LogP contribution in [0.15, 0.2) is 21.7 Å². The van der Waals surface area contributed by atoms with E-state index in [0.717, 1.165) is 50.6 Å². The number of halogens is 1. The summed E-state index contributed by atoms with van der Waals surface area (Å²) < 4.78 is 5.24. The van der Waals surface area contributed by atoms with Gasteiger partial charge in [-0.15, -0.1) is 24.0 Å². The first-order valence-corrected chi connectivity index (χ1v) is 8.21. The number of aromatic nitrogens is 2. The topological polar surface area (TPSA) is 75.3 Å². The molecule has 0 saturated carbocycles. The fraction of sp³-hybridized carbons (Fsp3) is 0.688. The van der Waals surface area contributed by atoms with Gasteiger partial charge in [-0.3, -0.25) is 4.99 Å². The third kappa shape index (κ3) is 6.88. The van der Waals surface area contributed by atoms with Gasteiger partial charge < -0.3 is 15.2 Å². The van der Waals surface area contributed by atoms with Gasteiger partial charge in [0, 0.05) is 31.5 Å². The highest BCUT2D eigenvalue weighted by Gasteiger charge is 2.12. The molecule has 0 amide bonds. The third-order valence-electron chi connectivity index (χ3n) is 3.51. The maximum Gasteiger partial charge on any atom is 0.226 e. The predicted molar refractivity (Wildman–Crippen MR) is 103 cm³/mol.